The molecular weight excluding hydrogens is 242 g/mol. The minimum Gasteiger partial charge on any atom is -0.375 e. The number of ether oxygens (including phenoxy) is 1. The van der Waals surface area contributed by atoms with E-state index in [4.69, 9.17) is 4.74 Å². The van der Waals surface area contributed by atoms with Gasteiger partial charge in [-0.15, -0.1) is 11.3 Å². The Balaban J connectivity index is 1.53. The lowest BCUT2D eigenvalue weighted by Crippen LogP contribution is -2.50. The van der Waals surface area contributed by atoms with Crippen molar-refractivity contribution in [2.75, 3.05) is 6.61 Å². The maximum Gasteiger partial charge on any atom is 0.0697 e. The first-order valence-corrected chi connectivity index (χ1v) is 8.12. The molecule has 0 amide bonds. The molecule has 1 aromatic heterocycles. The van der Waals surface area contributed by atoms with Gasteiger partial charge in [0.15, 0.2) is 0 Å². The van der Waals surface area contributed by atoms with E-state index in [0.717, 1.165) is 19.6 Å². The van der Waals surface area contributed by atoms with Crippen molar-refractivity contribution < 1.29 is 4.74 Å². The zero-order chi connectivity index (χ0) is 12.4. The van der Waals surface area contributed by atoms with Crippen molar-refractivity contribution in [1.29, 1.82) is 0 Å². The number of aryl methyl sites for hydroxylation is 1. The van der Waals surface area contributed by atoms with Crippen molar-refractivity contribution in [2.45, 2.75) is 63.6 Å². The van der Waals surface area contributed by atoms with Crippen LogP contribution in [-0.4, -0.2) is 18.2 Å². The summed E-state index contributed by atoms with van der Waals surface area (Å²) in [5, 5.41) is 5.97. The van der Waals surface area contributed by atoms with Gasteiger partial charge in [-0.2, -0.15) is 0 Å². The second-order valence-electron chi connectivity index (χ2n) is 5.68. The fraction of sp³-hybridized carbons (Fsp3) is 0.733. The Kier molecular flexibility index (Phi) is 3.73. The summed E-state index contributed by atoms with van der Waals surface area (Å²) < 4.78 is 5.98. The molecule has 0 bridgehead atoms. The lowest BCUT2D eigenvalue weighted by molar-refractivity contribution is -0.135. The topological polar surface area (TPSA) is 21.3 Å². The first kappa shape index (κ1) is 12.6. The summed E-state index contributed by atoms with van der Waals surface area (Å²) >= 11 is 1.89. The van der Waals surface area contributed by atoms with Crippen LogP contribution < -0.4 is 5.32 Å². The molecule has 2 aliphatic rings. The lowest BCUT2D eigenvalue weighted by atomic mass is 9.74. The molecule has 2 heterocycles. The lowest BCUT2D eigenvalue weighted by Gasteiger charge is -2.47. The summed E-state index contributed by atoms with van der Waals surface area (Å²) in [4.78, 5) is 1.52. The molecule has 3 rings (SSSR count). The maximum absolute atomic E-state index is 5.98. The van der Waals surface area contributed by atoms with Crippen molar-refractivity contribution in [3.05, 3.63) is 21.9 Å². The summed E-state index contributed by atoms with van der Waals surface area (Å²) in [6, 6.07) is 2.92. The minimum atomic E-state index is 0.263. The monoisotopic (exact) mass is 265 g/mol. The Morgan fingerprint density at radius 2 is 2.39 bits per heavy atom. The van der Waals surface area contributed by atoms with Gasteiger partial charge in [-0.1, -0.05) is 6.92 Å². The molecule has 1 spiro atoms. The number of hydrogen-bond donors (Lipinski definition) is 1. The predicted molar refractivity (Wildman–Crippen MR) is 76.1 cm³/mol. The molecule has 1 aliphatic carbocycles. The number of thiophene rings is 1. The molecule has 1 unspecified atom stereocenters. The number of nitrogens with one attached hydrogen (secondary N) is 1. The first-order chi connectivity index (χ1) is 8.81. The van der Waals surface area contributed by atoms with Crippen molar-refractivity contribution in [3.8, 4) is 0 Å². The van der Waals surface area contributed by atoms with Crippen LogP contribution >= 0.6 is 11.3 Å². The summed E-state index contributed by atoms with van der Waals surface area (Å²) in [5.74, 6) is 0. The molecule has 0 aromatic carbocycles. The second kappa shape index (κ2) is 5.32. The standard InChI is InChI=1S/C15H23NOS/c1-2-12-5-9-18-14(12)11-16-13-4-8-17-15(10-13)6-3-7-15/h5,9,13,16H,2-4,6-8,10-11H2,1H3. The average Bonchev–Trinajstić information content (AvgIpc) is 2.82. The van der Waals surface area contributed by atoms with E-state index in [-0.39, 0.29) is 5.60 Å². The fourth-order valence-electron chi connectivity index (χ4n) is 3.20. The van der Waals surface area contributed by atoms with Crippen LogP contribution in [0.25, 0.3) is 0 Å². The van der Waals surface area contributed by atoms with Gasteiger partial charge in [-0.3, -0.25) is 0 Å². The van der Waals surface area contributed by atoms with Gasteiger partial charge in [0.1, 0.15) is 0 Å². The van der Waals surface area contributed by atoms with Crippen LogP contribution in [0.15, 0.2) is 11.4 Å². The van der Waals surface area contributed by atoms with E-state index < -0.39 is 0 Å². The summed E-state index contributed by atoms with van der Waals surface area (Å²) in [7, 11) is 0. The third-order valence-corrected chi connectivity index (χ3v) is 5.49. The van der Waals surface area contributed by atoms with Crippen LogP contribution in [0.1, 0.15) is 49.5 Å². The van der Waals surface area contributed by atoms with Gasteiger partial charge in [0.2, 0.25) is 0 Å². The molecular formula is C15H23NOS. The van der Waals surface area contributed by atoms with Crippen LogP contribution in [0.3, 0.4) is 0 Å². The summed E-state index contributed by atoms with van der Waals surface area (Å²) in [5.41, 5.74) is 1.77. The van der Waals surface area contributed by atoms with E-state index in [0.29, 0.717) is 6.04 Å². The highest BCUT2D eigenvalue weighted by Crippen LogP contribution is 2.42. The molecule has 1 saturated carbocycles. The van der Waals surface area contributed by atoms with Crippen molar-refractivity contribution >= 4 is 11.3 Å². The van der Waals surface area contributed by atoms with Gasteiger partial charge in [-0.05, 0) is 55.5 Å². The van der Waals surface area contributed by atoms with Gasteiger partial charge in [0, 0.05) is 24.1 Å². The third kappa shape index (κ3) is 2.49. The van der Waals surface area contributed by atoms with Crippen molar-refractivity contribution in [2.24, 2.45) is 0 Å². The summed E-state index contributed by atoms with van der Waals surface area (Å²) in [6.07, 6.45) is 7.47. The molecule has 1 N–H and O–H groups in total. The quantitative estimate of drug-likeness (QED) is 0.899. The van der Waals surface area contributed by atoms with Crippen molar-refractivity contribution in [1.82, 2.24) is 5.32 Å². The van der Waals surface area contributed by atoms with E-state index in [1.807, 2.05) is 11.3 Å². The Hall–Kier alpha value is -0.380. The predicted octanol–water partition coefficient (Wildman–Crippen LogP) is 3.50. The molecule has 1 aromatic rings. The maximum atomic E-state index is 5.98. The molecule has 3 heteroatoms. The fourth-order valence-corrected chi connectivity index (χ4v) is 4.12. The van der Waals surface area contributed by atoms with E-state index in [1.54, 1.807) is 0 Å². The zero-order valence-corrected chi connectivity index (χ0v) is 12.0. The SMILES string of the molecule is CCc1ccsc1CNC1CCOC2(CCC2)C1. The Bertz CT molecular complexity index is 397. The van der Waals surface area contributed by atoms with Gasteiger partial charge >= 0.3 is 0 Å². The Morgan fingerprint density at radius 3 is 3.11 bits per heavy atom. The Labute approximate surface area is 114 Å². The van der Waals surface area contributed by atoms with Gasteiger partial charge in [0.25, 0.3) is 0 Å². The number of hydrogen-bond acceptors (Lipinski definition) is 3. The van der Waals surface area contributed by atoms with E-state index >= 15 is 0 Å². The van der Waals surface area contributed by atoms with E-state index in [1.165, 1.54) is 42.5 Å². The second-order valence-corrected chi connectivity index (χ2v) is 6.68. The first-order valence-electron chi connectivity index (χ1n) is 7.24. The zero-order valence-electron chi connectivity index (χ0n) is 11.2. The van der Waals surface area contributed by atoms with Crippen LogP contribution in [0.5, 0.6) is 0 Å². The number of rotatable bonds is 4. The summed E-state index contributed by atoms with van der Waals surface area (Å²) in [6.45, 7) is 4.23. The van der Waals surface area contributed by atoms with Gasteiger partial charge < -0.3 is 10.1 Å². The molecule has 2 nitrogen and oxygen atoms in total. The Morgan fingerprint density at radius 1 is 1.50 bits per heavy atom. The normalized spacial score (nSPS) is 26.2. The van der Waals surface area contributed by atoms with E-state index in [9.17, 15) is 0 Å². The highest BCUT2D eigenvalue weighted by atomic mass is 32.1. The smallest absolute Gasteiger partial charge is 0.0697 e. The van der Waals surface area contributed by atoms with Crippen LogP contribution in [0.4, 0.5) is 0 Å². The van der Waals surface area contributed by atoms with E-state index in [2.05, 4.69) is 23.7 Å². The van der Waals surface area contributed by atoms with Gasteiger partial charge in [-0.25, -0.2) is 0 Å². The van der Waals surface area contributed by atoms with Gasteiger partial charge in [0.05, 0.1) is 5.60 Å². The molecule has 1 saturated heterocycles. The molecule has 1 atom stereocenters. The van der Waals surface area contributed by atoms with Crippen LogP contribution in [0, 0.1) is 0 Å². The van der Waals surface area contributed by atoms with Crippen LogP contribution in [-0.2, 0) is 17.7 Å². The van der Waals surface area contributed by atoms with Crippen molar-refractivity contribution in [3.63, 3.8) is 0 Å². The molecule has 0 radical (unpaired) electrons. The third-order valence-electron chi connectivity index (χ3n) is 4.53. The van der Waals surface area contributed by atoms with Crippen LogP contribution in [0.2, 0.25) is 0 Å². The molecule has 1 aliphatic heterocycles. The average molecular weight is 265 g/mol. The molecule has 18 heavy (non-hydrogen) atoms. The highest BCUT2D eigenvalue weighted by molar-refractivity contribution is 7.10. The minimum absolute atomic E-state index is 0.263. The highest BCUT2D eigenvalue weighted by Gasteiger charge is 2.42. The molecule has 100 valence electrons. The molecule has 2 fully saturated rings. The largest absolute Gasteiger partial charge is 0.375 e.